The Morgan fingerprint density at radius 2 is 1.65 bits per heavy atom. The molecule has 3 aromatic carbocycles. The van der Waals surface area contributed by atoms with E-state index in [1.165, 1.54) is 12.1 Å². The molecule has 0 atom stereocenters. The number of esters is 1. The van der Waals surface area contributed by atoms with E-state index in [1.54, 1.807) is 6.92 Å². The number of aryl methyl sites for hydroxylation is 1. The zero-order valence-corrected chi connectivity index (χ0v) is 24.1. The number of carbonyl (C=O) groups is 2. The molecule has 0 radical (unpaired) electrons. The van der Waals surface area contributed by atoms with Crippen LogP contribution in [0.25, 0.3) is 23.1 Å². The fourth-order valence-corrected chi connectivity index (χ4v) is 4.73. The highest BCUT2D eigenvalue weighted by molar-refractivity contribution is 5.94. The number of rotatable bonds is 16. The summed E-state index contributed by atoms with van der Waals surface area (Å²) >= 11 is 0. The van der Waals surface area contributed by atoms with Crippen molar-refractivity contribution >= 4 is 35.0 Å². The topological polar surface area (TPSA) is 87.0 Å². The summed E-state index contributed by atoms with van der Waals surface area (Å²) in [5.41, 5.74) is 3.76. The number of ether oxygens (including phenoxy) is 3. The Hall–Kier alpha value is -4.66. The highest BCUT2D eigenvalue weighted by Gasteiger charge is 2.15. The van der Waals surface area contributed by atoms with E-state index in [-0.39, 0.29) is 31.3 Å². The fraction of sp³-hybridized carbons (Fsp3) is 0.294. The number of nitrogens with zero attached hydrogens (tertiary/aromatic N) is 1. The van der Waals surface area contributed by atoms with Gasteiger partial charge in [0.25, 0.3) is 0 Å². The number of unbranched alkanes of at least 4 members (excludes halogenated alkanes) is 1. The number of benzene rings is 3. The molecule has 43 heavy (non-hydrogen) atoms. The highest BCUT2D eigenvalue weighted by atomic mass is 19.2. The Kier molecular flexibility index (Phi) is 11.3. The van der Waals surface area contributed by atoms with E-state index in [9.17, 15) is 18.4 Å². The van der Waals surface area contributed by atoms with Crippen molar-refractivity contribution in [1.82, 2.24) is 4.57 Å². The van der Waals surface area contributed by atoms with Gasteiger partial charge in [-0.15, -0.1) is 0 Å². The zero-order chi connectivity index (χ0) is 30.6. The van der Waals surface area contributed by atoms with Crippen molar-refractivity contribution in [3.8, 4) is 11.5 Å². The van der Waals surface area contributed by atoms with Crippen LogP contribution in [0.4, 0.5) is 8.78 Å². The molecule has 0 saturated heterocycles. The van der Waals surface area contributed by atoms with Gasteiger partial charge in [-0.1, -0.05) is 48.6 Å². The Balaban J connectivity index is 1.36. The third kappa shape index (κ3) is 8.91. The molecule has 4 aromatic rings. The maximum Gasteiger partial charge on any atom is 0.325 e. The quantitative estimate of drug-likeness (QED) is 0.0836. The summed E-state index contributed by atoms with van der Waals surface area (Å²) in [7, 11) is 0. The second-order valence-corrected chi connectivity index (χ2v) is 9.94. The molecule has 0 amide bonds. The van der Waals surface area contributed by atoms with Crippen molar-refractivity contribution in [2.75, 3.05) is 19.8 Å². The molecule has 0 aliphatic carbocycles. The molecular formula is C34H35F2NO6. The third-order valence-electron chi connectivity index (χ3n) is 6.77. The molecule has 1 heterocycles. The Morgan fingerprint density at radius 3 is 2.40 bits per heavy atom. The molecule has 1 aromatic heterocycles. The van der Waals surface area contributed by atoms with Crippen molar-refractivity contribution < 1.29 is 37.7 Å². The summed E-state index contributed by atoms with van der Waals surface area (Å²) in [4.78, 5) is 23.3. The second kappa shape index (κ2) is 15.5. The number of halogens is 2. The van der Waals surface area contributed by atoms with E-state index in [1.807, 2.05) is 65.4 Å². The Bertz CT molecular complexity index is 1560. The SMILES string of the molecule is CCOC(=O)Cn1cc(CCCC(=O)O)c2cccc(C=Cc3ccc(OCCCCOc4cccc(F)c4F)cc3)c21. The van der Waals surface area contributed by atoms with Gasteiger partial charge in [0.2, 0.25) is 5.82 Å². The van der Waals surface area contributed by atoms with Crippen LogP contribution < -0.4 is 9.47 Å². The molecule has 0 bridgehead atoms. The number of hydrogen-bond acceptors (Lipinski definition) is 5. The van der Waals surface area contributed by atoms with Crippen LogP contribution >= 0.6 is 0 Å². The summed E-state index contributed by atoms with van der Waals surface area (Å²) < 4.78 is 45.1. The molecule has 0 fully saturated rings. The Labute approximate surface area is 249 Å². The standard InChI is InChI=1S/C34H35F2NO6/c1-2-41-32(40)23-37-22-26(9-6-13-31(38)39)28-10-5-8-25(34(28)37)17-14-24-15-18-27(19-16-24)42-20-3-4-21-43-30-12-7-11-29(35)33(30)36/h5,7-8,10-12,14-19,22H,2-4,6,9,13,20-21,23H2,1H3,(H,38,39). The van der Waals surface area contributed by atoms with E-state index >= 15 is 0 Å². The van der Waals surface area contributed by atoms with Crippen molar-refractivity contribution in [2.45, 2.75) is 45.6 Å². The first-order valence-corrected chi connectivity index (χ1v) is 14.3. The summed E-state index contributed by atoms with van der Waals surface area (Å²) in [6, 6.07) is 17.4. The highest BCUT2D eigenvalue weighted by Crippen LogP contribution is 2.28. The number of carbonyl (C=O) groups excluding carboxylic acids is 1. The summed E-state index contributed by atoms with van der Waals surface area (Å²) in [6.45, 7) is 2.84. The molecule has 0 spiro atoms. The van der Waals surface area contributed by atoms with Crippen LogP contribution in [-0.4, -0.2) is 41.4 Å². The number of fused-ring (bicyclic) bond motifs is 1. The second-order valence-electron chi connectivity index (χ2n) is 9.94. The largest absolute Gasteiger partial charge is 0.494 e. The van der Waals surface area contributed by atoms with E-state index in [2.05, 4.69) is 0 Å². The van der Waals surface area contributed by atoms with Crippen LogP contribution in [0.3, 0.4) is 0 Å². The van der Waals surface area contributed by atoms with Gasteiger partial charge in [0, 0.05) is 18.0 Å². The van der Waals surface area contributed by atoms with E-state index in [0.717, 1.165) is 33.7 Å². The smallest absolute Gasteiger partial charge is 0.325 e. The summed E-state index contributed by atoms with van der Waals surface area (Å²) in [6.07, 6.45) is 8.37. The van der Waals surface area contributed by atoms with Crippen LogP contribution in [0.15, 0.2) is 66.9 Å². The number of aromatic nitrogens is 1. The Morgan fingerprint density at radius 1 is 0.907 bits per heavy atom. The lowest BCUT2D eigenvalue weighted by atomic mass is 10.0. The molecule has 7 nitrogen and oxygen atoms in total. The predicted molar refractivity (Wildman–Crippen MR) is 161 cm³/mol. The monoisotopic (exact) mass is 591 g/mol. The number of carboxylic acids is 1. The maximum absolute atomic E-state index is 13.6. The van der Waals surface area contributed by atoms with Gasteiger partial charge in [-0.25, -0.2) is 4.39 Å². The fourth-order valence-electron chi connectivity index (χ4n) is 4.73. The number of para-hydroxylation sites is 1. The van der Waals surface area contributed by atoms with E-state index < -0.39 is 17.6 Å². The van der Waals surface area contributed by atoms with Crippen molar-refractivity contribution in [1.29, 1.82) is 0 Å². The van der Waals surface area contributed by atoms with Crippen LogP contribution in [0.1, 0.15) is 49.3 Å². The maximum atomic E-state index is 13.6. The zero-order valence-electron chi connectivity index (χ0n) is 24.1. The van der Waals surface area contributed by atoms with Crippen molar-refractivity contribution in [3.05, 3.63) is 95.2 Å². The molecule has 1 N–H and O–H groups in total. The number of hydrogen-bond donors (Lipinski definition) is 1. The summed E-state index contributed by atoms with van der Waals surface area (Å²) in [5.74, 6) is -2.46. The van der Waals surface area contributed by atoms with Gasteiger partial charge >= 0.3 is 11.9 Å². The van der Waals surface area contributed by atoms with E-state index in [4.69, 9.17) is 19.3 Å². The van der Waals surface area contributed by atoms with Gasteiger partial charge in [0.15, 0.2) is 11.6 Å². The molecule has 0 aliphatic heterocycles. The molecule has 4 rings (SSSR count). The third-order valence-corrected chi connectivity index (χ3v) is 6.77. The average Bonchev–Trinajstić information content (AvgIpc) is 3.33. The minimum Gasteiger partial charge on any atom is -0.494 e. The lowest BCUT2D eigenvalue weighted by molar-refractivity contribution is -0.143. The predicted octanol–water partition coefficient (Wildman–Crippen LogP) is 7.30. The average molecular weight is 592 g/mol. The van der Waals surface area contributed by atoms with Crippen molar-refractivity contribution in [3.63, 3.8) is 0 Å². The van der Waals surface area contributed by atoms with Crippen LogP contribution in [0.2, 0.25) is 0 Å². The first kappa shape index (κ1) is 31.3. The van der Waals surface area contributed by atoms with Gasteiger partial charge in [-0.2, -0.15) is 4.39 Å². The van der Waals surface area contributed by atoms with Crippen LogP contribution in [0, 0.1) is 11.6 Å². The molecule has 0 unspecified atom stereocenters. The molecule has 0 saturated carbocycles. The minimum atomic E-state index is -0.979. The summed E-state index contributed by atoms with van der Waals surface area (Å²) in [5, 5.41) is 10.0. The first-order chi connectivity index (χ1) is 20.9. The van der Waals surface area contributed by atoms with Gasteiger partial charge in [0.05, 0.1) is 25.3 Å². The van der Waals surface area contributed by atoms with Gasteiger partial charge in [-0.3, -0.25) is 9.59 Å². The molecular weight excluding hydrogens is 556 g/mol. The van der Waals surface area contributed by atoms with Crippen LogP contribution in [-0.2, 0) is 27.3 Å². The molecule has 9 heteroatoms. The number of carboxylic acid groups (broad SMARTS) is 1. The first-order valence-electron chi connectivity index (χ1n) is 14.3. The van der Waals surface area contributed by atoms with Crippen LogP contribution in [0.5, 0.6) is 11.5 Å². The van der Waals surface area contributed by atoms with Gasteiger partial charge in [0.1, 0.15) is 12.3 Å². The molecule has 226 valence electrons. The van der Waals surface area contributed by atoms with Crippen molar-refractivity contribution in [2.24, 2.45) is 0 Å². The molecule has 0 aliphatic rings. The number of aliphatic carboxylic acids is 1. The van der Waals surface area contributed by atoms with Gasteiger partial charge < -0.3 is 23.9 Å². The lowest BCUT2D eigenvalue weighted by Crippen LogP contribution is -2.12. The van der Waals surface area contributed by atoms with Gasteiger partial charge in [-0.05, 0) is 73.6 Å². The lowest BCUT2D eigenvalue weighted by Gasteiger charge is -2.09. The minimum absolute atomic E-state index is 0.0635. The van der Waals surface area contributed by atoms with E-state index in [0.29, 0.717) is 44.6 Å². The normalized spacial score (nSPS) is 11.2.